The summed E-state index contributed by atoms with van der Waals surface area (Å²) in [5.41, 5.74) is 1.97. The molecule has 0 aromatic heterocycles. The number of carboxylic acid groups (broad SMARTS) is 1. The van der Waals surface area contributed by atoms with Crippen molar-refractivity contribution in [3.63, 3.8) is 0 Å². The highest BCUT2D eigenvalue weighted by Gasteiger charge is 2.32. The minimum absolute atomic E-state index is 0.0153. The van der Waals surface area contributed by atoms with Gasteiger partial charge in [0.2, 0.25) is 11.8 Å². The lowest BCUT2D eigenvalue weighted by molar-refractivity contribution is -0.138. The van der Waals surface area contributed by atoms with Crippen LogP contribution < -0.4 is 15.4 Å². The van der Waals surface area contributed by atoms with Crippen LogP contribution in [0.25, 0.3) is 11.1 Å². The van der Waals surface area contributed by atoms with E-state index in [0.29, 0.717) is 19.6 Å². The molecule has 3 amide bonds. The lowest BCUT2D eigenvalue weighted by Crippen LogP contribution is -2.50. The molecule has 2 aromatic carbocycles. The summed E-state index contributed by atoms with van der Waals surface area (Å²) in [4.78, 5) is 51.0. The molecule has 11 nitrogen and oxygen atoms in total. The van der Waals surface area contributed by atoms with Crippen LogP contribution in [-0.2, 0) is 30.3 Å². The van der Waals surface area contributed by atoms with Crippen molar-refractivity contribution >= 4 is 23.9 Å². The molecule has 1 aliphatic heterocycles. The lowest BCUT2D eigenvalue weighted by atomic mass is 9.99. The summed E-state index contributed by atoms with van der Waals surface area (Å²) in [6.45, 7) is 5.67. The zero-order chi connectivity index (χ0) is 30.0. The topological polar surface area (TPSA) is 144 Å². The molecule has 1 unspecified atom stereocenters. The first-order valence-corrected chi connectivity index (χ1v) is 13.6. The van der Waals surface area contributed by atoms with Gasteiger partial charge < -0.3 is 30.0 Å². The molecular weight excluding hydrogens is 530 g/mol. The zero-order valence-corrected chi connectivity index (χ0v) is 24.0. The van der Waals surface area contributed by atoms with Crippen molar-refractivity contribution in [2.24, 2.45) is 0 Å². The summed E-state index contributed by atoms with van der Waals surface area (Å²) in [5.74, 6) is -1.50. The summed E-state index contributed by atoms with van der Waals surface area (Å²) in [7, 11) is 1.60. The molecule has 222 valence electrons. The van der Waals surface area contributed by atoms with Crippen LogP contribution >= 0.6 is 0 Å². The van der Waals surface area contributed by atoms with Gasteiger partial charge in [-0.3, -0.25) is 19.3 Å². The molecule has 1 aliphatic rings. The minimum atomic E-state index is -1.19. The van der Waals surface area contributed by atoms with Gasteiger partial charge in [-0.15, -0.1) is 0 Å². The number of rotatable bonds is 11. The summed E-state index contributed by atoms with van der Waals surface area (Å²) < 4.78 is 16.4. The van der Waals surface area contributed by atoms with Crippen LogP contribution in [0.2, 0.25) is 0 Å². The van der Waals surface area contributed by atoms with Gasteiger partial charge in [0, 0.05) is 25.8 Å². The van der Waals surface area contributed by atoms with E-state index in [2.05, 4.69) is 10.6 Å². The largest absolute Gasteiger partial charge is 0.497 e. The Bertz CT molecular complexity index is 1210. The molecule has 0 spiro atoms. The Morgan fingerprint density at radius 2 is 1.83 bits per heavy atom. The number of nitrogens with zero attached hydrogens (tertiary/aromatic N) is 1. The lowest BCUT2D eigenvalue weighted by Gasteiger charge is -2.36. The average Bonchev–Trinajstić information content (AvgIpc) is 2.94. The van der Waals surface area contributed by atoms with Crippen molar-refractivity contribution in [1.29, 1.82) is 0 Å². The highest BCUT2D eigenvalue weighted by atomic mass is 16.6. The van der Waals surface area contributed by atoms with E-state index in [1.165, 1.54) is 4.90 Å². The first kappa shape index (κ1) is 31.4. The molecular formula is C30H39N3O8. The first-order chi connectivity index (χ1) is 19.4. The van der Waals surface area contributed by atoms with E-state index in [4.69, 9.17) is 19.3 Å². The van der Waals surface area contributed by atoms with Crippen LogP contribution in [0.4, 0.5) is 4.79 Å². The van der Waals surface area contributed by atoms with Gasteiger partial charge in [-0.25, -0.2) is 4.79 Å². The van der Waals surface area contributed by atoms with Gasteiger partial charge in [0.25, 0.3) is 0 Å². The molecule has 0 aliphatic carbocycles. The maximum absolute atomic E-state index is 13.0. The Morgan fingerprint density at radius 3 is 2.49 bits per heavy atom. The smallest absolute Gasteiger partial charge is 0.412 e. The van der Waals surface area contributed by atoms with Gasteiger partial charge in [0.15, 0.2) is 0 Å². The quantitative estimate of drug-likeness (QED) is 0.374. The number of benzene rings is 2. The molecule has 1 saturated heterocycles. The Labute approximate surface area is 240 Å². The Kier molecular flexibility index (Phi) is 11.1. The van der Waals surface area contributed by atoms with E-state index in [1.54, 1.807) is 27.9 Å². The van der Waals surface area contributed by atoms with E-state index in [0.717, 1.165) is 22.4 Å². The molecule has 1 fully saturated rings. The van der Waals surface area contributed by atoms with Crippen molar-refractivity contribution in [1.82, 2.24) is 15.5 Å². The van der Waals surface area contributed by atoms with Gasteiger partial charge >= 0.3 is 12.1 Å². The number of carbonyl (C=O) groups excluding carboxylic acids is 3. The molecule has 11 heteroatoms. The molecule has 41 heavy (non-hydrogen) atoms. The van der Waals surface area contributed by atoms with Crippen LogP contribution in [0, 0.1) is 0 Å². The summed E-state index contributed by atoms with van der Waals surface area (Å²) >= 11 is 0. The van der Waals surface area contributed by atoms with Crippen molar-refractivity contribution in [3.8, 4) is 16.9 Å². The fourth-order valence-corrected chi connectivity index (χ4v) is 4.37. The van der Waals surface area contributed by atoms with Crippen molar-refractivity contribution in [2.75, 3.05) is 26.8 Å². The van der Waals surface area contributed by atoms with Crippen LogP contribution in [0.5, 0.6) is 5.75 Å². The number of nitrogens with one attached hydrogen (secondary N) is 2. The maximum Gasteiger partial charge on any atom is 0.412 e. The second kappa shape index (κ2) is 14.5. The third-order valence-electron chi connectivity index (χ3n) is 6.30. The number of ether oxygens (including phenoxy) is 3. The van der Waals surface area contributed by atoms with E-state index in [-0.39, 0.29) is 19.3 Å². The number of aliphatic carboxylic acids is 1. The molecule has 3 N–H and O–H groups in total. The molecule has 0 saturated carbocycles. The van der Waals surface area contributed by atoms with E-state index >= 15 is 0 Å². The summed E-state index contributed by atoms with van der Waals surface area (Å²) in [6, 6.07) is 14.1. The van der Waals surface area contributed by atoms with Crippen molar-refractivity contribution in [2.45, 2.75) is 64.3 Å². The number of methoxy groups -OCH3 is 1. The van der Waals surface area contributed by atoms with E-state index in [9.17, 15) is 19.2 Å². The van der Waals surface area contributed by atoms with Crippen LogP contribution in [0.1, 0.15) is 45.6 Å². The predicted octanol–water partition coefficient (Wildman–Crippen LogP) is 3.35. The highest BCUT2D eigenvalue weighted by Crippen LogP contribution is 2.24. The van der Waals surface area contributed by atoms with Crippen molar-refractivity contribution in [3.05, 3.63) is 54.1 Å². The molecule has 3 rings (SSSR count). The van der Waals surface area contributed by atoms with Gasteiger partial charge in [0.05, 0.1) is 13.7 Å². The highest BCUT2D eigenvalue weighted by molar-refractivity contribution is 5.89. The zero-order valence-electron chi connectivity index (χ0n) is 24.0. The Balaban J connectivity index is 1.68. The van der Waals surface area contributed by atoms with Crippen molar-refractivity contribution < 1.29 is 38.5 Å². The molecule has 2 atom stereocenters. The van der Waals surface area contributed by atoms with E-state index < -0.39 is 48.3 Å². The van der Waals surface area contributed by atoms with Crippen LogP contribution in [0.15, 0.2) is 48.5 Å². The monoisotopic (exact) mass is 569 g/mol. The Morgan fingerprint density at radius 1 is 1.10 bits per heavy atom. The second-order valence-corrected chi connectivity index (χ2v) is 10.8. The standard InChI is InChI=1S/C30H39N3O8/c1-30(2,3)41-29(38)33-15-6-16-40-26(33)14-13-25(34)32-24(28(37)31-19-27(35)36)18-20-7-5-8-22(17-20)21-9-11-23(39-4)12-10-21/h5,7-12,17,24,26H,6,13-16,18-19H2,1-4H3,(H,31,37)(H,32,34)(H,35,36)/t24-,26?/m0/s1. The molecule has 0 radical (unpaired) electrons. The van der Waals surface area contributed by atoms with Gasteiger partial charge in [-0.2, -0.15) is 0 Å². The number of carbonyl (C=O) groups is 4. The number of hydrogen-bond donors (Lipinski definition) is 3. The summed E-state index contributed by atoms with van der Waals surface area (Å²) in [6.07, 6.45) is -0.149. The van der Waals surface area contributed by atoms with Gasteiger partial charge in [-0.1, -0.05) is 36.4 Å². The average molecular weight is 570 g/mol. The number of carboxylic acids is 1. The second-order valence-electron chi connectivity index (χ2n) is 10.8. The predicted molar refractivity (Wildman–Crippen MR) is 151 cm³/mol. The van der Waals surface area contributed by atoms with Gasteiger partial charge in [-0.05, 0) is 56.0 Å². The third-order valence-corrected chi connectivity index (χ3v) is 6.30. The first-order valence-electron chi connectivity index (χ1n) is 13.6. The van der Waals surface area contributed by atoms with Gasteiger partial charge in [0.1, 0.15) is 30.2 Å². The third kappa shape index (κ3) is 10.1. The van der Waals surface area contributed by atoms with E-state index in [1.807, 2.05) is 48.5 Å². The number of amides is 3. The van der Waals surface area contributed by atoms with Crippen LogP contribution in [-0.4, -0.2) is 78.6 Å². The maximum atomic E-state index is 13.0. The fourth-order valence-electron chi connectivity index (χ4n) is 4.37. The minimum Gasteiger partial charge on any atom is -0.497 e. The molecule has 2 aromatic rings. The summed E-state index contributed by atoms with van der Waals surface area (Å²) in [5, 5.41) is 14.1. The number of hydrogen-bond acceptors (Lipinski definition) is 7. The fraction of sp³-hybridized carbons (Fsp3) is 0.467. The Hall–Kier alpha value is -4.12. The normalized spacial score (nSPS) is 15.9. The molecule has 1 heterocycles. The van der Waals surface area contributed by atoms with Crippen LogP contribution in [0.3, 0.4) is 0 Å². The molecule has 0 bridgehead atoms. The SMILES string of the molecule is COc1ccc(-c2cccc(C[C@H](NC(=O)CCC3OCCCN3C(=O)OC(C)(C)C)C(=O)NCC(=O)O)c2)cc1.